The molecule has 9 nitrogen and oxygen atoms in total. The number of hydrogen-bond donors (Lipinski definition) is 1. The van der Waals surface area contributed by atoms with Gasteiger partial charge in [0.2, 0.25) is 0 Å². The van der Waals surface area contributed by atoms with E-state index in [1.807, 2.05) is 26.0 Å². The third kappa shape index (κ3) is 6.70. The van der Waals surface area contributed by atoms with Crippen LogP contribution in [0.3, 0.4) is 0 Å². The van der Waals surface area contributed by atoms with E-state index in [-0.39, 0.29) is 23.8 Å². The molecule has 0 bridgehead atoms. The fourth-order valence-corrected chi connectivity index (χ4v) is 5.71. The molecule has 0 radical (unpaired) electrons. The predicted octanol–water partition coefficient (Wildman–Crippen LogP) is 4.73. The number of nitrogens with zero attached hydrogens (tertiary/aromatic N) is 2. The minimum Gasteiger partial charge on any atom is -0.504 e. The number of unbranched alkanes of at least 4 members (excludes halogenated alkanes) is 2. The molecule has 1 aliphatic rings. The van der Waals surface area contributed by atoms with Crippen LogP contribution in [-0.4, -0.2) is 43.1 Å². The molecule has 1 aromatic heterocycles. The maximum Gasteiger partial charge on any atom is 0.338 e. The van der Waals surface area contributed by atoms with E-state index in [0.29, 0.717) is 55.6 Å². The summed E-state index contributed by atoms with van der Waals surface area (Å²) in [7, 11) is 3.03. The van der Waals surface area contributed by atoms with Gasteiger partial charge in [-0.25, -0.2) is 9.79 Å². The number of thiazole rings is 1. The van der Waals surface area contributed by atoms with Crippen molar-refractivity contribution in [3.8, 4) is 23.0 Å². The average Bonchev–Trinajstić information content (AvgIpc) is 3.28. The van der Waals surface area contributed by atoms with Crippen molar-refractivity contribution in [1.29, 1.82) is 0 Å². The largest absolute Gasteiger partial charge is 0.504 e. The Kier molecular flexibility index (Phi) is 10.1. The van der Waals surface area contributed by atoms with Gasteiger partial charge in [-0.05, 0) is 60.7 Å². The summed E-state index contributed by atoms with van der Waals surface area (Å²) in [5.74, 6) is 1.02. The molecule has 3 aromatic rings. The Bertz CT molecular complexity index is 1650. The fraction of sp³-hybridized carbons (Fsp3) is 0.406. The van der Waals surface area contributed by atoms with Crippen molar-refractivity contribution in [2.75, 3.05) is 27.4 Å². The minimum absolute atomic E-state index is 0.00280. The van der Waals surface area contributed by atoms with E-state index in [9.17, 15) is 14.7 Å². The molecule has 1 atom stereocenters. The third-order valence-corrected chi connectivity index (χ3v) is 7.78. The van der Waals surface area contributed by atoms with Crippen molar-refractivity contribution >= 4 is 23.4 Å². The zero-order valence-corrected chi connectivity index (χ0v) is 25.7. The SMILES string of the molecule is CCCCCOc1ccc(C2C(C(=O)OCC(C)C)=C(C)N=c3sc(=Cc4ccc(O)c(OC)c4)c(=O)n32)cc1OC. The van der Waals surface area contributed by atoms with Crippen molar-refractivity contribution in [2.24, 2.45) is 10.9 Å². The molecule has 0 amide bonds. The summed E-state index contributed by atoms with van der Waals surface area (Å²) >= 11 is 1.22. The summed E-state index contributed by atoms with van der Waals surface area (Å²) < 4.78 is 24.5. The summed E-state index contributed by atoms with van der Waals surface area (Å²) in [5, 5.41) is 9.99. The molecule has 2 heterocycles. The first kappa shape index (κ1) is 30.9. The molecule has 1 aliphatic heterocycles. The first-order valence-corrected chi connectivity index (χ1v) is 14.9. The number of hydrogen-bond acceptors (Lipinski definition) is 9. The zero-order valence-electron chi connectivity index (χ0n) is 24.9. The first-order chi connectivity index (χ1) is 20.2. The lowest BCUT2D eigenvalue weighted by Gasteiger charge is -2.25. The quantitative estimate of drug-likeness (QED) is 0.239. The summed E-state index contributed by atoms with van der Waals surface area (Å²) in [4.78, 5) is 32.6. The van der Waals surface area contributed by atoms with Crippen LogP contribution in [0, 0.1) is 5.92 Å². The van der Waals surface area contributed by atoms with E-state index in [1.165, 1.54) is 29.1 Å². The van der Waals surface area contributed by atoms with Gasteiger partial charge in [0.25, 0.3) is 5.56 Å². The fourth-order valence-electron chi connectivity index (χ4n) is 4.66. The van der Waals surface area contributed by atoms with Crippen LogP contribution in [0.15, 0.2) is 57.5 Å². The molecule has 2 aromatic carbocycles. The van der Waals surface area contributed by atoms with Crippen LogP contribution in [0.2, 0.25) is 0 Å². The summed E-state index contributed by atoms with van der Waals surface area (Å²) in [6.07, 6.45) is 4.80. The number of carbonyl (C=O) groups excluding carboxylic acids is 1. The van der Waals surface area contributed by atoms with Crippen LogP contribution in [0.5, 0.6) is 23.0 Å². The number of fused-ring (bicyclic) bond motifs is 1. The van der Waals surface area contributed by atoms with E-state index < -0.39 is 12.0 Å². The Morgan fingerprint density at radius 2 is 1.86 bits per heavy atom. The van der Waals surface area contributed by atoms with Crippen molar-refractivity contribution in [3.63, 3.8) is 0 Å². The minimum atomic E-state index is -0.791. The Morgan fingerprint density at radius 3 is 2.55 bits per heavy atom. The highest BCUT2D eigenvalue weighted by molar-refractivity contribution is 7.07. The Labute approximate surface area is 249 Å². The third-order valence-electron chi connectivity index (χ3n) is 6.80. The van der Waals surface area contributed by atoms with Crippen molar-refractivity contribution in [2.45, 2.75) is 53.0 Å². The first-order valence-electron chi connectivity index (χ1n) is 14.1. The molecule has 1 N–H and O–H groups in total. The van der Waals surface area contributed by atoms with Crippen molar-refractivity contribution < 1.29 is 28.8 Å². The lowest BCUT2D eigenvalue weighted by molar-refractivity contribution is -0.140. The lowest BCUT2D eigenvalue weighted by atomic mass is 9.95. The maximum absolute atomic E-state index is 14.0. The number of allylic oxidation sites excluding steroid dienone is 1. The number of methoxy groups -OCH3 is 2. The van der Waals surface area contributed by atoms with Crippen molar-refractivity contribution in [1.82, 2.24) is 4.57 Å². The van der Waals surface area contributed by atoms with Gasteiger partial charge in [0.15, 0.2) is 27.8 Å². The number of benzene rings is 2. The molecular weight excluding hydrogens is 556 g/mol. The number of aromatic hydroxyl groups is 1. The van der Waals surface area contributed by atoms with E-state index >= 15 is 0 Å². The number of esters is 1. The Hall–Kier alpha value is -4.05. The molecule has 0 saturated carbocycles. The average molecular weight is 595 g/mol. The molecule has 0 aliphatic carbocycles. The molecular formula is C32H38N2O7S. The Balaban J connectivity index is 1.85. The van der Waals surface area contributed by atoms with E-state index in [1.54, 1.807) is 38.3 Å². The highest BCUT2D eigenvalue weighted by atomic mass is 32.1. The van der Waals surface area contributed by atoms with Gasteiger partial charge in [0.1, 0.15) is 0 Å². The standard InChI is InChI=1S/C32H38N2O7S/c1-7-8-9-14-40-24-13-11-22(17-26(24)39-6)29-28(31(37)41-18-19(2)3)20(4)33-32-34(29)30(36)27(42-32)16-21-10-12-23(35)25(15-21)38-5/h10-13,15-17,19,29,35H,7-9,14,18H2,1-6H3. The van der Waals surface area contributed by atoms with Crippen LogP contribution in [0.1, 0.15) is 64.1 Å². The molecule has 4 rings (SSSR count). The van der Waals surface area contributed by atoms with Gasteiger partial charge in [-0.3, -0.25) is 9.36 Å². The van der Waals surface area contributed by atoms with Gasteiger partial charge in [0.05, 0.1) is 49.3 Å². The van der Waals surface area contributed by atoms with Gasteiger partial charge in [-0.2, -0.15) is 0 Å². The van der Waals surface area contributed by atoms with E-state index in [2.05, 4.69) is 11.9 Å². The normalized spacial score (nSPS) is 14.9. The van der Waals surface area contributed by atoms with E-state index in [4.69, 9.17) is 18.9 Å². The van der Waals surface area contributed by atoms with Gasteiger partial charge in [-0.1, -0.05) is 57.1 Å². The van der Waals surface area contributed by atoms with Crippen LogP contribution >= 0.6 is 11.3 Å². The number of phenolic OH excluding ortho intramolecular Hbond substituents is 1. The molecule has 42 heavy (non-hydrogen) atoms. The molecule has 0 spiro atoms. The number of rotatable bonds is 12. The molecule has 0 fully saturated rings. The monoisotopic (exact) mass is 594 g/mol. The second-order valence-corrected chi connectivity index (χ2v) is 11.5. The summed E-state index contributed by atoms with van der Waals surface area (Å²) in [5.41, 5.74) is 1.80. The number of phenols is 1. The van der Waals surface area contributed by atoms with Crippen LogP contribution in [0.25, 0.3) is 6.08 Å². The summed E-state index contributed by atoms with van der Waals surface area (Å²) in [6.45, 7) is 8.61. The second-order valence-electron chi connectivity index (χ2n) is 10.5. The lowest BCUT2D eigenvalue weighted by Crippen LogP contribution is -2.40. The van der Waals surface area contributed by atoms with E-state index in [0.717, 1.165) is 19.3 Å². The van der Waals surface area contributed by atoms with Gasteiger partial charge in [0, 0.05) is 0 Å². The molecule has 224 valence electrons. The van der Waals surface area contributed by atoms with Gasteiger partial charge < -0.3 is 24.1 Å². The smallest absolute Gasteiger partial charge is 0.338 e. The number of aromatic nitrogens is 1. The van der Waals surface area contributed by atoms with Gasteiger partial charge in [-0.15, -0.1) is 0 Å². The zero-order chi connectivity index (χ0) is 30.4. The molecule has 1 unspecified atom stereocenters. The Morgan fingerprint density at radius 1 is 1.10 bits per heavy atom. The van der Waals surface area contributed by atoms with Gasteiger partial charge >= 0.3 is 5.97 Å². The second kappa shape index (κ2) is 13.7. The van der Waals surface area contributed by atoms with Crippen LogP contribution < -0.4 is 29.1 Å². The highest BCUT2D eigenvalue weighted by Crippen LogP contribution is 2.36. The molecule has 10 heteroatoms. The summed E-state index contributed by atoms with van der Waals surface area (Å²) in [6, 6.07) is 9.52. The maximum atomic E-state index is 14.0. The van der Waals surface area contributed by atoms with Crippen molar-refractivity contribution in [3.05, 3.63) is 78.5 Å². The van der Waals surface area contributed by atoms with Crippen LogP contribution in [-0.2, 0) is 9.53 Å². The predicted molar refractivity (Wildman–Crippen MR) is 162 cm³/mol. The van der Waals surface area contributed by atoms with Crippen LogP contribution in [0.4, 0.5) is 0 Å². The molecule has 0 saturated heterocycles. The topological polar surface area (TPSA) is 109 Å². The number of ether oxygens (including phenoxy) is 4. The number of carbonyl (C=O) groups is 1. The highest BCUT2D eigenvalue weighted by Gasteiger charge is 2.34.